The zero-order valence-corrected chi connectivity index (χ0v) is 11.1. The van der Waals surface area contributed by atoms with E-state index in [1.54, 1.807) is 17.0 Å². The van der Waals surface area contributed by atoms with Gasteiger partial charge in [0.15, 0.2) is 0 Å². The van der Waals surface area contributed by atoms with E-state index in [1.165, 1.54) is 12.1 Å². The van der Waals surface area contributed by atoms with Crippen molar-refractivity contribution in [3.63, 3.8) is 0 Å². The van der Waals surface area contributed by atoms with Crippen molar-refractivity contribution in [3.8, 4) is 0 Å². The van der Waals surface area contributed by atoms with Crippen molar-refractivity contribution in [2.75, 3.05) is 25.5 Å². The quantitative estimate of drug-likeness (QED) is 0.612. The van der Waals surface area contributed by atoms with E-state index in [2.05, 4.69) is 0 Å². The molecule has 6 heteroatoms. The first-order chi connectivity index (χ1) is 8.99. The van der Waals surface area contributed by atoms with E-state index in [0.29, 0.717) is 6.42 Å². The van der Waals surface area contributed by atoms with Gasteiger partial charge in [0.05, 0.1) is 11.0 Å². The van der Waals surface area contributed by atoms with Gasteiger partial charge in [0, 0.05) is 30.8 Å². The van der Waals surface area contributed by atoms with Crippen molar-refractivity contribution in [2.45, 2.75) is 18.9 Å². The molecule has 19 heavy (non-hydrogen) atoms. The first-order valence-electron chi connectivity index (χ1n) is 6.20. The Kier molecular flexibility index (Phi) is 3.80. The van der Waals surface area contributed by atoms with Crippen LogP contribution in [0, 0.1) is 10.1 Å². The number of carbonyl (C=O) groups is 1. The van der Waals surface area contributed by atoms with E-state index in [4.69, 9.17) is 0 Å². The summed E-state index contributed by atoms with van der Waals surface area (Å²) in [6.45, 7) is 0.794. The Bertz CT molecular complexity index is 484. The Labute approximate surface area is 111 Å². The molecule has 0 N–H and O–H groups in total. The number of rotatable bonds is 4. The largest absolute Gasteiger partial charge is 0.308 e. The smallest absolute Gasteiger partial charge is 0.269 e. The van der Waals surface area contributed by atoms with Crippen LogP contribution in [0.2, 0.25) is 0 Å². The predicted octanol–water partition coefficient (Wildman–Crippen LogP) is 1.65. The van der Waals surface area contributed by atoms with Crippen LogP contribution in [0.5, 0.6) is 0 Å². The van der Waals surface area contributed by atoms with Gasteiger partial charge in [-0.2, -0.15) is 0 Å². The molecule has 102 valence electrons. The second kappa shape index (κ2) is 5.36. The molecule has 0 unspecified atom stereocenters. The van der Waals surface area contributed by atoms with E-state index in [1.807, 2.05) is 19.0 Å². The molecule has 0 aliphatic carbocycles. The molecule has 0 spiro atoms. The average molecular weight is 263 g/mol. The van der Waals surface area contributed by atoms with Crippen LogP contribution in [-0.4, -0.2) is 42.4 Å². The molecule has 1 saturated heterocycles. The number of anilines is 1. The van der Waals surface area contributed by atoms with Gasteiger partial charge in [-0.25, -0.2) is 0 Å². The molecule has 1 heterocycles. The maximum Gasteiger partial charge on any atom is 0.269 e. The molecule has 1 aromatic rings. The molecule has 0 bridgehead atoms. The minimum atomic E-state index is -0.438. The van der Waals surface area contributed by atoms with Crippen LogP contribution in [0.3, 0.4) is 0 Å². The zero-order chi connectivity index (χ0) is 14.0. The Morgan fingerprint density at radius 3 is 2.53 bits per heavy atom. The number of hydrogen-bond donors (Lipinski definition) is 0. The van der Waals surface area contributed by atoms with Gasteiger partial charge >= 0.3 is 0 Å². The van der Waals surface area contributed by atoms with Crippen molar-refractivity contribution in [2.24, 2.45) is 0 Å². The number of benzene rings is 1. The summed E-state index contributed by atoms with van der Waals surface area (Å²) in [5, 5.41) is 10.6. The number of nitro groups is 1. The summed E-state index contributed by atoms with van der Waals surface area (Å²) >= 11 is 0. The van der Waals surface area contributed by atoms with Crippen LogP contribution in [-0.2, 0) is 4.79 Å². The third kappa shape index (κ3) is 2.90. The zero-order valence-electron chi connectivity index (χ0n) is 11.1. The molecule has 1 aliphatic heterocycles. The maximum absolute atomic E-state index is 12.0. The number of nitrogens with zero attached hydrogens (tertiary/aromatic N) is 3. The fourth-order valence-electron chi connectivity index (χ4n) is 2.43. The molecule has 1 atom stereocenters. The fourth-order valence-corrected chi connectivity index (χ4v) is 2.43. The SMILES string of the molecule is CN(C)C[C@H]1CCC(=O)N1c1ccc([N+](=O)[O-])cc1. The summed E-state index contributed by atoms with van der Waals surface area (Å²) in [6.07, 6.45) is 1.36. The highest BCUT2D eigenvalue weighted by molar-refractivity contribution is 5.96. The summed E-state index contributed by atoms with van der Waals surface area (Å²) in [5.41, 5.74) is 0.777. The number of likely N-dealkylation sites (N-methyl/N-ethyl adjacent to an activating group) is 1. The van der Waals surface area contributed by atoms with Crippen molar-refractivity contribution in [3.05, 3.63) is 34.4 Å². The van der Waals surface area contributed by atoms with Crippen molar-refractivity contribution in [1.82, 2.24) is 4.90 Å². The highest BCUT2D eigenvalue weighted by atomic mass is 16.6. The first kappa shape index (κ1) is 13.5. The molecule has 2 rings (SSSR count). The van der Waals surface area contributed by atoms with Crippen LogP contribution >= 0.6 is 0 Å². The summed E-state index contributed by atoms with van der Waals surface area (Å²) in [4.78, 5) is 25.9. The van der Waals surface area contributed by atoms with Crippen LogP contribution in [0.15, 0.2) is 24.3 Å². The fraction of sp³-hybridized carbons (Fsp3) is 0.462. The van der Waals surface area contributed by atoms with Crippen LogP contribution < -0.4 is 4.90 Å². The summed E-state index contributed by atoms with van der Waals surface area (Å²) < 4.78 is 0. The third-order valence-corrected chi connectivity index (χ3v) is 3.24. The molecule has 6 nitrogen and oxygen atoms in total. The third-order valence-electron chi connectivity index (χ3n) is 3.24. The van der Waals surface area contributed by atoms with Gasteiger partial charge in [-0.15, -0.1) is 0 Å². The van der Waals surface area contributed by atoms with Gasteiger partial charge in [0.25, 0.3) is 5.69 Å². The van der Waals surface area contributed by atoms with Crippen molar-refractivity contribution in [1.29, 1.82) is 0 Å². The lowest BCUT2D eigenvalue weighted by atomic mass is 10.2. The van der Waals surface area contributed by atoms with Gasteiger partial charge in [-0.3, -0.25) is 14.9 Å². The highest BCUT2D eigenvalue weighted by Gasteiger charge is 2.32. The van der Waals surface area contributed by atoms with E-state index < -0.39 is 4.92 Å². The van der Waals surface area contributed by atoms with Gasteiger partial charge in [-0.05, 0) is 32.6 Å². The van der Waals surface area contributed by atoms with E-state index >= 15 is 0 Å². The van der Waals surface area contributed by atoms with Crippen LogP contribution in [0.4, 0.5) is 11.4 Å². The topological polar surface area (TPSA) is 66.7 Å². The molecule has 1 aromatic carbocycles. The average Bonchev–Trinajstić information content (AvgIpc) is 2.70. The van der Waals surface area contributed by atoms with Gasteiger partial charge in [0.2, 0.25) is 5.91 Å². The number of amides is 1. The minimum Gasteiger partial charge on any atom is -0.308 e. The van der Waals surface area contributed by atoms with Crippen molar-refractivity contribution < 1.29 is 9.72 Å². The maximum atomic E-state index is 12.0. The highest BCUT2D eigenvalue weighted by Crippen LogP contribution is 2.28. The lowest BCUT2D eigenvalue weighted by Gasteiger charge is -2.27. The van der Waals surface area contributed by atoms with Crippen LogP contribution in [0.1, 0.15) is 12.8 Å². The Morgan fingerprint density at radius 2 is 2.00 bits per heavy atom. The second-order valence-corrected chi connectivity index (χ2v) is 4.99. The Balaban J connectivity index is 2.22. The van der Waals surface area contributed by atoms with Gasteiger partial charge in [0.1, 0.15) is 0 Å². The molecule has 0 radical (unpaired) electrons. The van der Waals surface area contributed by atoms with Crippen molar-refractivity contribution >= 4 is 17.3 Å². The lowest BCUT2D eigenvalue weighted by Crippen LogP contribution is -2.39. The molecular formula is C13H17N3O3. The lowest BCUT2D eigenvalue weighted by molar-refractivity contribution is -0.384. The monoisotopic (exact) mass is 263 g/mol. The minimum absolute atomic E-state index is 0.0413. The Hall–Kier alpha value is -1.95. The normalized spacial score (nSPS) is 19.2. The molecule has 1 fully saturated rings. The summed E-state index contributed by atoms with van der Waals surface area (Å²) in [7, 11) is 3.94. The molecular weight excluding hydrogens is 246 g/mol. The molecule has 1 aliphatic rings. The second-order valence-electron chi connectivity index (χ2n) is 4.99. The molecule has 0 saturated carbocycles. The first-order valence-corrected chi connectivity index (χ1v) is 6.20. The number of non-ortho nitro benzene ring substituents is 1. The number of hydrogen-bond acceptors (Lipinski definition) is 4. The van der Waals surface area contributed by atoms with Gasteiger partial charge in [-0.1, -0.05) is 0 Å². The van der Waals surface area contributed by atoms with E-state index in [0.717, 1.165) is 18.7 Å². The van der Waals surface area contributed by atoms with Gasteiger partial charge < -0.3 is 9.80 Å². The van der Waals surface area contributed by atoms with E-state index in [9.17, 15) is 14.9 Å². The number of nitro benzene ring substituents is 1. The Morgan fingerprint density at radius 1 is 1.37 bits per heavy atom. The molecule has 1 amide bonds. The number of carbonyl (C=O) groups excluding carboxylic acids is 1. The summed E-state index contributed by atoms with van der Waals surface area (Å²) in [6, 6.07) is 6.30. The standard InChI is InChI=1S/C13H17N3O3/c1-14(2)9-12-7-8-13(17)15(12)10-3-5-11(6-4-10)16(18)19/h3-6,12H,7-9H2,1-2H3/t12-/m1/s1. The van der Waals surface area contributed by atoms with E-state index in [-0.39, 0.29) is 17.6 Å². The summed E-state index contributed by atoms with van der Waals surface area (Å²) in [5.74, 6) is 0.0840. The molecule has 0 aromatic heterocycles. The predicted molar refractivity (Wildman–Crippen MR) is 72.2 cm³/mol. The van der Waals surface area contributed by atoms with Crippen LogP contribution in [0.25, 0.3) is 0 Å².